The largest absolute Gasteiger partial charge is 2.00 e. The van der Waals surface area contributed by atoms with Gasteiger partial charge in [-0.05, 0) is 6.42 Å². The average Bonchev–Trinajstić information content (AvgIpc) is 2.89. The van der Waals surface area contributed by atoms with Gasteiger partial charge in [0.1, 0.15) is 0 Å². The van der Waals surface area contributed by atoms with Gasteiger partial charge in [-0.1, -0.05) is 62.3 Å². The molecule has 2 aromatic carbocycles. The van der Waals surface area contributed by atoms with E-state index in [4.69, 9.17) is 9.84 Å². The van der Waals surface area contributed by atoms with Crippen molar-refractivity contribution in [1.29, 1.82) is 0 Å². The summed E-state index contributed by atoms with van der Waals surface area (Å²) in [6, 6.07) is 0. The number of aliphatic hydroxyl groups excluding tert-OH is 1. The van der Waals surface area contributed by atoms with Gasteiger partial charge >= 0.3 is 17.1 Å². The van der Waals surface area contributed by atoms with Crippen LogP contribution in [0.3, 0.4) is 0 Å². The third kappa shape index (κ3) is 5.57. The SMILES string of the molecule is Cc1c(C)c(C)[c-](C)c1C.Cc1c(COCCCO)c(C)[c-](C)c1C.[Fe+2]. The summed E-state index contributed by atoms with van der Waals surface area (Å²) >= 11 is 0. The van der Waals surface area contributed by atoms with Gasteiger partial charge < -0.3 is 9.84 Å². The van der Waals surface area contributed by atoms with Gasteiger partial charge in [-0.25, -0.2) is 0 Å². The number of rotatable bonds is 5. The van der Waals surface area contributed by atoms with Gasteiger partial charge in [0, 0.05) is 19.8 Å². The standard InChI is InChI=1S/C13H21O2.C10H15.Fe/c1-9-10(2)12(4)13(11(9)3)8-15-7-5-6-14;1-6-7(2)9(4)10(5)8(6)3;/h14H,5-8H2,1-4H3;1-5H3;/q2*-1;+2. The minimum Gasteiger partial charge on any atom is -0.396 e. The Morgan fingerprint density at radius 3 is 1.46 bits per heavy atom. The number of aliphatic hydroxyl groups is 1. The maximum Gasteiger partial charge on any atom is 2.00 e. The predicted octanol–water partition coefficient (Wildman–Crippen LogP) is 5.48. The Morgan fingerprint density at radius 2 is 1.15 bits per heavy atom. The van der Waals surface area contributed by atoms with Crippen LogP contribution >= 0.6 is 0 Å². The van der Waals surface area contributed by atoms with Gasteiger partial charge in [0.15, 0.2) is 0 Å². The zero-order valence-electron chi connectivity index (χ0n) is 18.0. The second-order valence-corrected chi connectivity index (χ2v) is 7.23. The molecule has 0 aliphatic heterocycles. The van der Waals surface area contributed by atoms with Crippen LogP contribution in [0.1, 0.15) is 62.1 Å². The first-order chi connectivity index (χ1) is 11.6. The maximum atomic E-state index is 8.64. The molecule has 0 atom stereocenters. The first-order valence-corrected chi connectivity index (χ1v) is 9.25. The van der Waals surface area contributed by atoms with Crippen molar-refractivity contribution in [1.82, 2.24) is 0 Å². The molecule has 0 aromatic heterocycles. The van der Waals surface area contributed by atoms with Crippen LogP contribution in [-0.2, 0) is 28.4 Å². The Labute approximate surface area is 171 Å². The minimum absolute atomic E-state index is 0. The summed E-state index contributed by atoms with van der Waals surface area (Å²) in [4.78, 5) is 0. The monoisotopic (exact) mass is 400 g/mol. The number of hydrogen-bond acceptors (Lipinski definition) is 2. The fraction of sp³-hybridized carbons (Fsp3) is 0.565. The summed E-state index contributed by atoms with van der Waals surface area (Å²) < 4.78 is 5.53. The zero-order chi connectivity index (χ0) is 19.3. The topological polar surface area (TPSA) is 29.5 Å². The molecule has 2 aromatic rings. The van der Waals surface area contributed by atoms with E-state index >= 15 is 0 Å². The summed E-state index contributed by atoms with van der Waals surface area (Å²) in [6.45, 7) is 21.1. The van der Waals surface area contributed by atoms with Gasteiger partial charge in [-0.15, -0.1) is 0 Å². The fourth-order valence-electron chi connectivity index (χ4n) is 3.26. The summed E-state index contributed by atoms with van der Waals surface area (Å²) in [7, 11) is 0. The minimum atomic E-state index is 0. The van der Waals surface area contributed by atoms with Crippen molar-refractivity contribution in [3.05, 3.63) is 55.6 Å². The molecule has 0 aliphatic carbocycles. The fourth-order valence-corrected chi connectivity index (χ4v) is 3.26. The molecule has 0 spiro atoms. The molecule has 26 heavy (non-hydrogen) atoms. The summed E-state index contributed by atoms with van der Waals surface area (Å²) in [6.07, 6.45) is 0.719. The van der Waals surface area contributed by atoms with Crippen LogP contribution in [0.15, 0.2) is 0 Å². The molecule has 3 heteroatoms. The third-order valence-corrected chi connectivity index (χ3v) is 6.10. The van der Waals surface area contributed by atoms with E-state index in [1.165, 1.54) is 55.6 Å². The van der Waals surface area contributed by atoms with Crippen molar-refractivity contribution < 1.29 is 26.9 Å². The molecule has 2 nitrogen and oxygen atoms in total. The third-order valence-electron chi connectivity index (χ3n) is 6.10. The molecule has 0 bridgehead atoms. The van der Waals surface area contributed by atoms with Gasteiger partial charge in [0.2, 0.25) is 0 Å². The molecule has 1 N–H and O–H groups in total. The Kier molecular flexibility index (Phi) is 10.7. The van der Waals surface area contributed by atoms with E-state index in [1.807, 2.05) is 0 Å². The molecule has 0 fully saturated rings. The number of ether oxygens (including phenoxy) is 1. The van der Waals surface area contributed by atoms with Crippen molar-refractivity contribution in [3.8, 4) is 0 Å². The molecule has 0 unspecified atom stereocenters. The Hall–Kier alpha value is -0.861. The van der Waals surface area contributed by atoms with Gasteiger partial charge in [-0.3, -0.25) is 0 Å². The van der Waals surface area contributed by atoms with Crippen molar-refractivity contribution in [2.45, 2.75) is 75.3 Å². The number of hydrogen-bond donors (Lipinski definition) is 1. The molecule has 0 saturated carbocycles. The van der Waals surface area contributed by atoms with Crippen LogP contribution in [-0.4, -0.2) is 18.3 Å². The molecule has 0 amide bonds. The predicted molar refractivity (Wildman–Crippen MR) is 108 cm³/mol. The Balaban J connectivity index is 0.000000497. The summed E-state index contributed by atoms with van der Waals surface area (Å²) in [5, 5.41) is 8.64. The van der Waals surface area contributed by atoms with E-state index in [0.717, 1.165) is 6.42 Å². The van der Waals surface area contributed by atoms with Gasteiger partial charge in [0.25, 0.3) is 0 Å². The van der Waals surface area contributed by atoms with E-state index in [0.29, 0.717) is 13.2 Å². The Bertz CT molecular complexity index is 599. The van der Waals surface area contributed by atoms with Gasteiger partial charge in [0.05, 0.1) is 0 Å². The van der Waals surface area contributed by atoms with E-state index < -0.39 is 0 Å². The molecule has 0 heterocycles. The Morgan fingerprint density at radius 1 is 0.731 bits per heavy atom. The molecular formula is C23H36FeO2. The molecule has 148 valence electrons. The van der Waals surface area contributed by atoms with E-state index in [9.17, 15) is 0 Å². The molecule has 0 saturated heterocycles. The van der Waals surface area contributed by atoms with Crippen LogP contribution < -0.4 is 0 Å². The van der Waals surface area contributed by atoms with Crippen LogP contribution in [0, 0.1) is 62.3 Å². The first-order valence-electron chi connectivity index (χ1n) is 9.25. The van der Waals surface area contributed by atoms with Crippen molar-refractivity contribution in [3.63, 3.8) is 0 Å². The van der Waals surface area contributed by atoms with Crippen LogP contribution in [0.5, 0.6) is 0 Å². The average molecular weight is 400 g/mol. The van der Waals surface area contributed by atoms with Crippen molar-refractivity contribution >= 4 is 0 Å². The molecule has 0 aliphatic rings. The summed E-state index contributed by atoms with van der Waals surface area (Å²) in [5.74, 6) is 0. The molecule has 0 radical (unpaired) electrons. The molecular weight excluding hydrogens is 364 g/mol. The second kappa shape index (κ2) is 11.1. The maximum absolute atomic E-state index is 8.64. The second-order valence-electron chi connectivity index (χ2n) is 7.23. The first kappa shape index (κ1) is 25.1. The molecule has 2 rings (SSSR count). The van der Waals surface area contributed by atoms with E-state index in [1.54, 1.807) is 0 Å². The quantitative estimate of drug-likeness (QED) is 0.409. The van der Waals surface area contributed by atoms with E-state index in [2.05, 4.69) is 62.3 Å². The van der Waals surface area contributed by atoms with Crippen molar-refractivity contribution in [2.24, 2.45) is 0 Å². The summed E-state index contributed by atoms with van der Waals surface area (Å²) in [5.41, 5.74) is 14.1. The normalized spacial score (nSPS) is 10.4. The van der Waals surface area contributed by atoms with Crippen LogP contribution in [0.4, 0.5) is 0 Å². The smallest absolute Gasteiger partial charge is 0.396 e. The van der Waals surface area contributed by atoms with E-state index in [-0.39, 0.29) is 23.7 Å². The van der Waals surface area contributed by atoms with Crippen LogP contribution in [0.25, 0.3) is 0 Å². The van der Waals surface area contributed by atoms with Crippen molar-refractivity contribution in [2.75, 3.05) is 13.2 Å². The zero-order valence-corrected chi connectivity index (χ0v) is 19.1. The van der Waals surface area contributed by atoms with Gasteiger partial charge in [-0.2, -0.15) is 55.6 Å². The van der Waals surface area contributed by atoms with Crippen LogP contribution in [0.2, 0.25) is 0 Å².